The van der Waals surface area contributed by atoms with E-state index in [-0.39, 0.29) is 0 Å². The highest BCUT2D eigenvalue weighted by Crippen LogP contribution is 2.31. The molecule has 0 aliphatic rings. The van der Waals surface area contributed by atoms with E-state index in [2.05, 4.69) is 9.97 Å². The first-order valence-corrected chi connectivity index (χ1v) is 7.06. The molecule has 0 unspecified atom stereocenters. The van der Waals surface area contributed by atoms with Crippen molar-refractivity contribution < 1.29 is 14.3 Å². The number of thiophene rings is 1. The van der Waals surface area contributed by atoms with Gasteiger partial charge in [-0.1, -0.05) is 6.07 Å². The number of carbonyl (C=O) groups is 1. The fraction of sp³-hybridized carbons (Fsp3) is 0.133. The Kier molecular flexibility index (Phi) is 3.53. The SMILES string of the molecule is COC(=O)c1cccc(Oc2ncnc3sc(C)cc23)c1. The molecule has 0 saturated heterocycles. The lowest BCUT2D eigenvalue weighted by Crippen LogP contribution is -2.01. The topological polar surface area (TPSA) is 61.3 Å². The fourth-order valence-electron chi connectivity index (χ4n) is 1.95. The van der Waals surface area contributed by atoms with Crippen molar-refractivity contribution in [2.24, 2.45) is 0 Å². The maximum absolute atomic E-state index is 11.5. The van der Waals surface area contributed by atoms with Crippen LogP contribution in [0.3, 0.4) is 0 Å². The van der Waals surface area contributed by atoms with Crippen molar-refractivity contribution in [3.8, 4) is 11.6 Å². The highest BCUT2D eigenvalue weighted by atomic mass is 32.1. The van der Waals surface area contributed by atoms with E-state index >= 15 is 0 Å². The van der Waals surface area contributed by atoms with Gasteiger partial charge in [0.1, 0.15) is 16.9 Å². The van der Waals surface area contributed by atoms with Gasteiger partial charge in [-0.05, 0) is 31.2 Å². The molecule has 6 heteroatoms. The van der Waals surface area contributed by atoms with Gasteiger partial charge >= 0.3 is 5.97 Å². The second kappa shape index (κ2) is 5.49. The minimum absolute atomic E-state index is 0.403. The second-order valence-corrected chi connectivity index (χ2v) is 5.61. The zero-order chi connectivity index (χ0) is 14.8. The first-order chi connectivity index (χ1) is 10.2. The van der Waals surface area contributed by atoms with Crippen molar-refractivity contribution in [2.75, 3.05) is 7.11 Å². The van der Waals surface area contributed by atoms with Crippen molar-refractivity contribution in [1.82, 2.24) is 9.97 Å². The molecule has 5 nitrogen and oxygen atoms in total. The molecule has 0 saturated carbocycles. The van der Waals surface area contributed by atoms with Crippen LogP contribution in [0, 0.1) is 6.92 Å². The van der Waals surface area contributed by atoms with Gasteiger partial charge in [0.2, 0.25) is 5.88 Å². The van der Waals surface area contributed by atoms with E-state index < -0.39 is 5.97 Å². The van der Waals surface area contributed by atoms with Crippen LogP contribution in [-0.4, -0.2) is 23.0 Å². The molecule has 2 heterocycles. The smallest absolute Gasteiger partial charge is 0.337 e. The number of hydrogen-bond donors (Lipinski definition) is 0. The first-order valence-electron chi connectivity index (χ1n) is 6.25. The summed E-state index contributed by atoms with van der Waals surface area (Å²) in [5.74, 6) is 0.604. The highest BCUT2D eigenvalue weighted by molar-refractivity contribution is 7.18. The standard InChI is InChI=1S/C15H12N2O3S/c1-9-6-12-13(16-8-17-14(12)21-9)20-11-5-3-4-10(7-11)15(18)19-2/h3-8H,1-2H3. The van der Waals surface area contributed by atoms with Gasteiger partial charge in [-0.2, -0.15) is 0 Å². The van der Waals surface area contributed by atoms with Gasteiger partial charge in [0.15, 0.2) is 0 Å². The van der Waals surface area contributed by atoms with Gasteiger partial charge in [0.25, 0.3) is 0 Å². The van der Waals surface area contributed by atoms with E-state index in [1.165, 1.54) is 13.4 Å². The minimum Gasteiger partial charge on any atom is -0.465 e. The number of rotatable bonds is 3. The number of esters is 1. The summed E-state index contributed by atoms with van der Waals surface area (Å²) in [6.45, 7) is 2.01. The zero-order valence-corrected chi connectivity index (χ0v) is 12.3. The van der Waals surface area contributed by atoms with Crippen molar-refractivity contribution in [3.05, 3.63) is 47.1 Å². The van der Waals surface area contributed by atoms with Gasteiger partial charge in [0, 0.05) is 4.88 Å². The zero-order valence-electron chi connectivity index (χ0n) is 11.5. The molecular formula is C15H12N2O3S. The Morgan fingerprint density at radius 2 is 2.10 bits per heavy atom. The molecule has 0 amide bonds. The molecule has 0 spiro atoms. The number of ether oxygens (including phenoxy) is 2. The van der Waals surface area contributed by atoms with Gasteiger partial charge in [-0.3, -0.25) is 0 Å². The number of aromatic nitrogens is 2. The summed E-state index contributed by atoms with van der Waals surface area (Å²) in [5, 5.41) is 0.864. The fourth-order valence-corrected chi connectivity index (χ4v) is 2.79. The Morgan fingerprint density at radius 1 is 1.24 bits per heavy atom. The molecule has 1 aromatic carbocycles. The maximum Gasteiger partial charge on any atom is 0.337 e. The van der Waals surface area contributed by atoms with E-state index in [9.17, 15) is 4.79 Å². The number of nitrogens with zero attached hydrogens (tertiary/aromatic N) is 2. The quantitative estimate of drug-likeness (QED) is 0.692. The summed E-state index contributed by atoms with van der Waals surface area (Å²) in [4.78, 5) is 21.9. The van der Waals surface area contributed by atoms with Crippen LogP contribution in [0.15, 0.2) is 36.7 Å². The lowest BCUT2D eigenvalue weighted by atomic mass is 10.2. The largest absolute Gasteiger partial charge is 0.465 e. The molecular weight excluding hydrogens is 288 g/mol. The number of benzene rings is 1. The lowest BCUT2D eigenvalue weighted by Gasteiger charge is -2.06. The molecule has 0 bridgehead atoms. The van der Waals surface area contributed by atoms with Crippen LogP contribution in [0.5, 0.6) is 11.6 Å². The van der Waals surface area contributed by atoms with Crippen LogP contribution >= 0.6 is 11.3 Å². The average Bonchev–Trinajstić information content (AvgIpc) is 2.88. The van der Waals surface area contributed by atoms with Crippen molar-refractivity contribution in [2.45, 2.75) is 6.92 Å². The maximum atomic E-state index is 11.5. The normalized spacial score (nSPS) is 10.6. The Hall–Kier alpha value is -2.47. The Labute approximate surface area is 125 Å². The van der Waals surface area contributed by atoms with Gasteiger partial charge in [-0.15, -0.1) is 11.3 Å². The molecule has 2 aromatic heterocycles. The Morgan fingerprint density at radius 3 is 2.90 bits per heavy atom. The van der Waals surface area contributed by atoms with Crippen molar-refractivity contribution in [1.29, 1.82) is 0 Å². The summed E-state index contributed by atoms with van der Waals surface area (Å²) in [5.41, 5.74) is 0.432. The second-order valence-electron chi connectivity index (χ2n) is 4.38. The summed E-state index contributed by atoms with van der Waals surface area (Å²) < 4.78 is 10.5. The minimum atomic E-state index is -0.403. The molecule has 3 rings (SSSR count). The molecule has 0 aliphatic carbocycles. The number of carbonyl (C=O) groups excluding carboxylic acids is 1. The molecule has 21 heavy (non-hydrogen) atoms. The van der Waals surface area contributed by atoms with Crippen LogP contribution in [0.2, 0.25) is 0 Å². The molecule has 3 aromatic rings. The van der Waals surface area contributed by atoms with Gasteiger partial charge < -0.3 is 9.47 Å². The first kappa shape index (κ1) is 13.5. The van der Waals surface area contributed by atoms with Crippen LogP contribution in [0.25, 0.3) is 10.2 Å². The number of hydrogen-bond acceptors (Lipinski definition) is 6. The van der Waals surface area contributed by atoms with Crippen molar-refractivity contribution >= 4 is 27.5 Å². The Balaban J connectivity index is 1.97. The monoisotopic (exact) mass is 300 g/mol. The highest BCUT2D eigenvalue weighted by Gasteiger charge is 2.11. The van der Waals surface area contributed by atoms with E-state index in [0.717, 1.165) is 15.1 Å². The van der Waals surface area contributed by atoms with Crippen LogP contribution in [-0.2, 0) is 4.74 Å². The predicted octanol–water partition coefficient (Wildman–Crippen LogP) is 3.58. The van der Waals surface area contributed by atoms with E-state index in [1.54, 1.807) is 35.6 Å². The number of aryl methyl sites for hydroxylation is 1. The summed E-state index contributed by atoms with van der Waals surface area (Å²) in [6, 6.07) is 8.78. The third kappa shape index (κ3) is 2.71. The van der Waals surface area contributed by atoms with Gasteiger partial charge in [0.05, 0.1) is 18.1 Å². The van der Waals surface area contributed by atoms with Gasteiger partial charge in [-0.25, -0.2) is 14.8 Å². The lowest BCUT2D eigenvalue weighted by molar-refractivity contribution is 0.0600. The Bertz CT molecular complexity index is 814. The summed E-state index contributed by atoms with van der Waals surface area (Å²) in [6.07, 6.45) is 1.47. The predicted molar refractivity (Wildman–Crippen MR) is 80.0 cm³/mol. The van der Waals surface area contributed by atoms with E-state index in [4.69, 9.17) is 9.47 Å². The average molecular weight is 300 g/mol. The third-order valence-electron chi connectivity index (χ3n) is 2.89. The van der Waals surface area contributed by atoms with Crippen LogP contribution < -0.4 is 4.74 Å². The molecule has 0 atom stereocenters. The molecule has 106 valence electrons. The number of fused-ring (bicyclic) bond motifs is 1. The molecule has 0 radical (unpaired) electrons. The number of methoxy groups -OCH3 is 1. The third-order valence-corrected chi connectivity index (χ3v) is 3.84. The van der Waals surface area contributed by atoms with E-state index in [0.29, 0.717) is 17.2 Å². The summed E-state index contributed by atoms with van der Waals surface area (Å²) >= 11 is 1.58. The molecule has 0 fully saturated rings. The molecule has 0 aliphatic heterocycles. The van der Waals surface area contributed by atoms with Crippen LogP contribution in [0.1, 0.15) is 15.2 Å². The molecule has 0 N–H and O–H groups in total. The summed E-state index contributed by atoms with van der Waals surface area (Å²) in [7, 11) is 1.35. The van der Waals surface area contributed by atoms with Crippen molar-refractivity contribution in [3.63, 3.8) is 0 Å². The van der Waals surface area contributed by atoms with E-state index in [1.807, 2.05) is 13.0 Å². The van der Waals surface area contributed by atoms with Crippen LogP contribution in [0.4, 0.5) is 0 Å².